The van der Waals surface area contributed by atoms with Gasteiger partial charge in [0.1, 0.15) is 0 Å². The Hall–Kier alpha value is -2.68. The summed E-state index contributed by atoms with van der Waals surface area (Å²) in [5.74, 6) is 1.39. The molecule has 0 radical (unpaired) electrons. The number of anilines is 1. The van der Waals surface area contributed by atoms with Crippen molar-refractivity contribution in [2.45, 2.75) is 6.42 Å². The molecule has 0 unspecified atom stereocenters. The molecule has 0 saturated carbocycles. The number of hydrogen-bond acceptors (Lipinski definition) is 3. The van der Waals surface area contributed by atoms with Crippen LogP contribution in [0.15, 0.2) is 60.7 Å². The number of fused-ring (bicyclic) bond motifs is 1. The van der Waals surface area contributed by atoms with Gasteiger partial charge in [0, 0.05) is 18.2 Å². The molecule has 0 aliphatic heterocycles. The average Bonchev–Trinajstić information content (AvgIpc) is 2.55. The lowest BCUT2D eigenvalue weighted by Crippen LogP contribution is -2.03. The molecule has 3 heteroatoms. The molecule has 0 saturated heterocycles. The fraction of sp³-hybridized carbons (Fsp3) is 0.158. The van der Waals surface area contributed by atoms with Crippen molar-refractivity contribution in [3.05, 3.63) is 66.2 Å². The van der Waals surface area contributed by atoms with Gasteiger partial charge in [-0.25, -0.2) is 0 Å². The number of hydrogen-bond donors (Lipinski definition) is 1. The zero-order chi connectivity index (χ0) is 15.4. The molecular formula is C19H19NO2. The van der Waals surface area contributed by atoms with E-state index in [1.54, 1.807) is 19.2 Å². The van der Waals surface area contributed by atoms with Gasteiger partial charge >= 0.3 is 0 Å². The molecule has 0 bridgehead atoms. The van der Waals surface area contributed by atoms with Crippen LogP contribution in [0.4, 0.5) is 5.69 Å². The highest BCUT2D eigenvalue weighted by Crippen LogP contribution is 2.29. The molecule has 112 valence electrons. The van der Waals surface area contributed by atoms with Crippen LogP contribution in [0.3, 0.4) is 0 Å². The van der Waals surface area contributed by atoms with Gasteiger partial charge in [0.2, 0.25) is 0 Å². The maximum Gasteiger partial charge on any atom is 0.163 e. The molecule has 0 atom stereocenters. The van der Waals surface area contributed by atoms with Crippen molar-refractivity contribution in [2.24, 2.45) is 0 Å². The van der Waals surface area contributed by atoms with Crippen LogP contribution in [0.1, 0.15) is 5.56 Å². The Morgan fingerprint density at radius 1 is 0.864 bits per heavy atom. The maximum absolute atomic E-state index is 5.82. The first-order chi connectivity index (χ1) is 10.8. The van der Waals surface area contributed by atoms with Gasteiger partial charge in [-0.3, -0.25) is 0 Å². The van der Waals surface area contributed by atoms with Crippen LogP contribution < -0.4 is 15.2 Å². The van der Waals surface area contributed by atoms with E-state index in [1.807, 2.05) is 6.07 Å². The summed E-state index contributed by atoms with van der Waals surface area (Å²) in [5.41, 5.74) is 7.71. The molecule has 3 aromatic carbocycles. The SMILES string of the molecule is COc1ccc(N)cc1OCCc1ccc2ccccc2c1. The van der Waals surface area contributed by atoms with E-state index in [2.05, 4.69) is 42.5 Å². The summed E-state index contributed by atoms with van der Waals surface area (Å²) >= 11 is 0. The Kier molecular flexibility index (Phi) is 4.15. The van der Waals surface area contributed by atoms with Crippen molar-refractivity contribution in [3.8, 4) is 11.5 Å². The number of ether oxygens (including phenoxy) is 2. The van der Waals surface area contributed by atoms with Gasteiger partial charge in [-0.05, 0) is 28.5 Å². The standard InChI is InChI=1S/C19H19NO2/c1-21-18-9-8-17(20)13-19(18)22-11-10-14-6-7-15-4-2-3-5-16(15)12-14/h2-9,12-13H,10-11,20H2,1H3. The second-order valence-corrected chi connectivity index (χ2v) is 5.19. The van der Waals surface area contributed by atoms with Gasteiger partial charge < -0.3 is 15.2 Å². The van der Waals surface area contributed by atoms with Crippen molar-refractivity contribution < 1.29 is 9.47 Å². The predicted molar refractivity (Wildman–Crippen MR) is 90.6 cm³/mol. The molecule has 0 spiro atoms. The highest BCUT2D eigenvalue weighted by atomic mass is 16.5. The van der Waals surface area contributed by atoms with E-state index in [0.717, 1.165) is 6.42 Å². The summed E-state index contributed by atoms with van der Waals surface area (Å²) in [6.45, 7) is 0.582. The molecule has 0 fully saturated rings. The van der Waals surface area contributed by atoms with Gasteiger partial charge in [0.25, 0.3) is 0 Å². The number of rotatable bonds is 5. The lowest BCUT2D eigenvalue weighted by Gasteiger charge is -2.11. The molecule has 0 aromatic heterocycles. The minimum Gasteiger partial charge on any atom is -0.493 e. The quantitative estimate of drug-likeness (QED) is 0.722. The summed E-state index contributed by atoms with van der Waals surface area (Å²) < 4.78 is 11.1. The molecule has 3 aromatic rings. The smallest absolute Gasteiger partial charge is 0.163 e. The topological polar surface area (TPSA) is 44.5 Å². The highest BCUT2D eigenvalue weighted by Gasteiger charge is 2.05. The summed E-state index contributed by atoms with van der Waals surface area (Å²) in [6.07, 6.45) is 0.836. The van der Waals surface area contributed by atoms with E-state index in [9.17, 15) is 0 Å². The summed E-state index contributed by atoms with van der Waals surface area (Å²) in [4.78, 5) is 0. The monoisotopic (exact) mass is 293 g/mol. The molecule has 2 N–H and O–H groups in total. The second-order valence-electron chi connectivity index (χ2n) is 5.19. The Morgan fingerprint density at radius 2 is 1.68 bits per heavy atom. The Bertz CT molecular complexity index is 783. The normalized spacial score (nSPS) is 10.6. The number of methoxy groups -OCH3 is 1. The number of nitrogens with two attached hydrogens (primary N) is 1. The van der Waals surface area contributed by atoms with Crippen LogP contribution in [0.2, 0.25) is 0 Å². The van der Waals surface area contributed by atoms with Gasteiger partial charge in [0.15, 0.2) is 11.5 Å². The van der Waals surface area contributed by atoms with Gasteiger partial charge in [-0.2, -0.15) is 0 Å². The lowest BCUT2D eigenvalue weighted by molar-refractivity contribution is 0.298. The van der Waals surface area contributed by atoms with Gasteiger partial charge in [-0.15, -0.1) is 0 Å². The molecule has 0 amide bonds. The van der Waals surface area contributed by atoms with Crippen LogP contribution in [0, 0.1) is 0 Å². The van der Waals surface area contributed by atoms with Crippen LogP contribution >= 0.6 is 0 Å². The first-order valence-corrected chi connectivity index (χ1v) is 7.30. The summed E-state index contributed by atoms with van der Waals surface area (Å²) in [6, 6.07) is 20.3. The van der Waals surface area contributed by atoms with E-state index in [0.29, 0.717) is 23.8 Å². The Balaban J connectivity index is 1.68. The zero-order valence-corrected chi connectivity index (χ0v) is 12.6. The third-order valence-electron chi connectivity index (χ3n) is 3.65. The molecule has 0 aliphatic rings. The number of nitrogen functional groups attached to an aromatic ring is 1. The third kappa shape index (κ3) is 3.14. The fourth-order valence-electron chi connectivity index (χ4n) is 2.48. The first-order valence-electron chi connectivity index (χ1n) is 7.30. The molecular weight excluding hydrogens is 274 g/mol. The van der Waals surface area contributed by atoms with Crippen molar-refractivity contribution in [2.75, 3.05) is 19.5 Å². The first kappa shape index (κ1) is 14.3. The Morgan fingerprint density at radius 3 is 2.50 bits per heavy atom. The van der Waals surface area contributed by atoms with Crippen LogP contribution in [-0.2, 0) is 6.42 Å². The van der Waals surface area contributed by atoms with E-state index in [-0.39, 0.29) is 0 Å². The van der Waals surface area contributed by atoms with Crippen molar-refractivity contribution in [1.82, 2.24) is 0 Å². The third-order valence-corrected chi connectivity index (χ3v) is 3.65. The average molecular weight is 293 g/mol. The Labute approximate surface area is 130 Å². The van der Waals surface area contributed by atoms with E-state index in [4.69, 9.17) is 15.2 Å². The van der Waals surface area contributed by atoms with Crippen LogP contribution in [0.5, 0.6) is 11.5 Å². The molecule has 3 rings (SSSR count). The molecule has 0 aliphatic carbocycles. The zero-order valence-electron chi connectivity index (χ0n) is 12.6. The van der Waals surface area contributed by atoms with Crippen molar-refractivity contribution in [3.63, 3.8) is 0 Å². The predicted octanol–water partition coefficient (Wildman–Crippen LogP) is 4.05. The second kappa shape index (κ2) is 6.39. The molecule has 0 heterocycles. The summed E-state index contributed by atoms with van der Waals surface area (Å²) in [7, 11) is 1.63. The van der Waals surface area contributed by atoms with Crippen LogP contribution in [-0.4, -0.2) is 13.7 Å². The number of benzene rings is 3. The van der Waals surface area contributed by atoms with Gasteiger partial charge in [0.05, 0.1) is 13.7 Å². The summed E-state index contributed by atoms with van der Waals surface area (Å²) in [5, 5.41) is 2.51. The fourth-order valence-corrected chi connectivity index (χ4v) is 2.48. The maximum atomic E-state index is 5.82. The lowest BCUT2D eigenvalue weighted by atomic mass is 10.1. The van der Waals surface area contributed by atoms with E-state index in [1.165, 1.54) is 16.3 Å². The van der Waals surface area contributed by atoms with Crippen LogP contribution in [0.25, 0.3) is 10.8 Å². The van der Waals surface area contributed by atoms with Crippen molar-refractivity contribution in [1.29, 1.82) is 0 Å². The minimum absolute atomic E-state index is 0.582. The van der Waals surface area contributed by atoms with E-state index < -0.39 is 0 Å². The van der Waals surface area contributed by atoms with Crippen molar-refractivity contribution >= 4 is 16.5 Å². The molecule has 3 nitrogen and oxygen atoms in total. The van der Waals surface area contributed by atoms with Gasteiger partial charge in [-0.1, -0.05) is 42.5 Å². The van der Waals surface area contributed by atoms with E-state index >= 15 is 0 Å². The minimum atomic E-state index is 0.582. The largest absolute Gasteiger partial charge is 0.493 e. The molecule has 22 heavy (non-hydrogen) atoms. The highest BCUT2D eigenvalue weighted by molar-refractivity contribution is 5.82.